The van der Waals surface area contributed by atoms with Crippen LogP contribution in [0, 0.1) is 0 Å². The van der Waals surface area contributed by atoms with Gasteiger partial charge in [0.25, 0.3) is 0 Å². The van der Waals surface area contributed by atoms with Gasteiger partial charge in [0.05, 0.1) is 0 Å². The van der Waals surface area contributed by atoms with Crippen molar-refractivity contribution in [3.05, 3.63) is 58.0 Å². The lowest BCUT2D eigenvalue weighted by atomic mass is 10.2. The fraction of sp³-hybridized carbons (Fsp3) is 0.0667. The van der Waals surface area contributed by atoms with Crippen molar-refractivity contribution in [3.8, 4) is 11.4 Å². The lowest BCUT2D eigenvalue weighted by molar-refractivity contribution is -0.117. The number of rotatable bonds is 4. The van der Waals surface area contributed by atoms with Crippen LogP contribution in [0.15, 0.2) is 53.0 Å². The number of amides is 1. The highest BCUT2D eigenvalue weighted by molar-refractivity contribution is 9.10. The topological polar surface area (TPSA) is 72.7 Å². The van der Waals surface area contributed by atoms with Gasteiger partial charge in [-0.1, -0.05) is 45.7 Å². The van der Waals surface area contributed by atoms with Gasteiger partial charge in [-0.2, -0.15) is 4.80 Å². The Balaban J connectivity index is 1.69. The van der Waals surface area contributed by atoms with Gasteiger partial charge in [0.1, 0.15) is 6.54 Å². The molecule has 6 nitrogen and oxygen atoms in total. The number of tetrazole rings is 1. The van der Waals surface area contributed by atoms with E-state index in [0.717, 1.165) is 10.0 Å². The Morgan fingerprint density at radius 2 is 2.04 bits per heavy atom. The third kappa shape index (κ3) is 3.94. The predicted molar refractivity (Wildman–Crippen MR) is 91.0 cm³/mol. The van der Waals surface area contributed by atoms with E-state index in [1.165, 1.54) is 4.80 Å². The fourth-order valence-electron chi connectivity index (χ4n) is 1.96. The van der Waals surface area contributed by atoms with Crippen LogP contribution in [0.5, 0.6) is 0 Å². The van der Waals surface area contributed by atoms with Crippen molar-refractivity contribution in [2.45, 2.75) is 6.54 Å². The summed E-state index contributed by atoms with van der Waals surface area (Å²) >= 11 is 9.31. The lowest BCUT2D eigenvalue weighted by Crippen LogP contribution is -2.20. The Morgan fingerprint density at radius 1 is 1.22 bits per heavy atom. The molecule has 0 aliphatic heterocycles. The summed E-state index contributed by atoms with van der Waals surface area (Å²) in [4.78, 5) is 13.3. The lowest BCUT2D eigenvalue weighted by Gasteiger charge is -2.04. The Labute approximate surface area is 145 Å². The van der Waals surface area contributed by atoms with Gasteiger partial charge >= 0.3 is 0 Å². The second-order valence-corrected chi connectivity index (χ2v) is 5.97. The van der Waals surface area contributed by atoms with Gasteiger partial charge in [-0.3, -0.25) is 4.79 Å². The van der Waals surface area contributed by atoms with E-state index in [9.17, 15) is 4.79 Å². The van der Waals surface area contributed by atoms with Gasteiger partial charge in [-0.25, -0.2) is 0 Å². The monoisotopic (exact) mass is 391 g/mol. The minimum atomic E-state index is -0.261. The molecule has 0 aliphatic rings. The number of carbonyl (C=O) groups excluding carboxylic acids is 1. The quantitative estimate of drug-likeness (QED) is 0.738. The first kappa shape index (κ1) is 15.6. The molecule has 0 unspecified atom stereocenters. The molecule has 0 radical (unpaired) electrons. The van der Waals surface area contributed by atoms with Crippen LogP contribution in [0.1, 0.15) is 0 Å². The molecule has 1 heterocycles. The number of anilines is 1. The third-order valence-corrected chi connectivity index (χ3v) is 3.89. The molecule has 116 valence electrons. The van der Waals surface area contributed by atoms with E-state index in [1.807, 2.05) is 24.3 Å². The van der Waals surface area contributed by atoms with Crippen LogP contribution in [-0.4, -0.2) is 26.1 Å². The number of hydrogen-bond donors (Lipinski definition) is 1. The standard InChI is InChI=1S/C15H11BrClN5O/c16-13-7-2-1-6-12(13)15-19-21-22(20-15)9-14(23)18-11-5-3-4-10(17)8-11/h1-8H,9H2,(H,18,23). The zero-order valence-corrected chi connectivity index (χ0v) is 14.1. The molecule has 0 fully saturated rings. The molecule has 1 N–H and O–H groups in total. The second kappa shape index (κ2) is 6.89. The van der Waals surface area contributed by atoms with Crippen molar-refractivity contribution in [2.75, 3.05) is 5.32 Å². The summed E-state index contributed by atoms with van der Waals surface area (Å²) in [5.74, 6) is 0.191. The van der Waals surface area contributed by atoms with Crippen LogP contribution in [0.2, 0.25) is 5.02 Å². The van der Waals surface area contributed by atoms with Gasteiger partial charge in [0.15, 0.2) is 0 Å². The second-order valence-electron chi connectivity index (χ2n) is 4.68. The molecule has 0 saturated heterocycles. The van der Waals surface area contributed by atoms with Crippen molar-refractivity contribution >= 4 is 39.1 Å². The molecule has 1 amide bonds. The Hall–Kier alpha value is -2.25. The summed E-state index contributed by atoms with van der Waals surface area (Å²) in [5.41, 5.74) is 1.43. The van der Waals surface area contributed by atoms with E-state index < -0.39 is 0 Å². The largest absolute Gasteiger partial charge is 0.324 e. The Morgan fingerprint density at radius 3 is 2.83 bits per heavy atom. The van der Waals surface area contributed by atoms with Crippen molar-refractivity contribution in [2.24, 2.45) is 0 Å². The highest BCUT2D eigenvalue weighted by Crippen LogP contribution is 2.24. The number of halogens is 2. The average Bonchev–Trinajstić information content (AvgIpc) is 2.95. The SMILES string of the molecule is O=C(Cn1nnc(-c2ccccc2Br)n1)Nc1cccc(Cl)c1. The van der Waals surface area contributed by atoms with Crippen molar-refractivity contribution in [1.82, 2.24) is 20.2 Å². The number of hydrogen-bond acceptors (Lipinski definition) is 4. The summed E-state index contributed by atoms with van der Waals surface area (Å²) in [6, 6.07) is 14.5. The van der Waals surface area contributed by atoms with Crippen LogP contribution in [0.25, 0.3) is 11.4 Å². The number of aromatic nitrogens is 4. The number of benzene rings is 2. The van der Waals surface area contributed by atoms with Crippen LogP contribution < -0.4 is 5.32 Å². The molecule has 0 bridgehead atoms. The first-order valence-corrected chi connectivity index (χ1v) is 7.87. The first-order chi connectivity index (χ1) is 11.1. The van der Waals surface area contributed by atoms with E-state index in [1.54, 1.807) is 24.3 Å². The molecule has 0 saturated carbocycles. The molecular formula is C15H11BrClN5O. The molecule has 3 aromatic rings. The molecule has 2 aromatic carbocycles. The van der Waals surface area contributed by atoms with E-state index in [4.69, 9.17) is 11.6 Å². The number of nitrogens with zero attached hydrogens (tertiary/aromatic N) is 4. The Bertz CT molecular complexity index is 851. The molecule has 8 heteroatoms. The number of carbonyl (C=O) groups is 1. The van der Waals surface area contributed by atoms with Gasteiger partial charge < -0.3 is 5.32 Å². The smallest absolute Gasteiger partial charge is 0.248 e. The van der Waals surface area contributed by atoms with Gasteiger partial charge in [-0.15, -0.1) is 10.2 Å². The van der Waals surface area contributed by atoms with E-state index in [2.05, 4.69) is 36.7 Å². The predicted octanol–water partition coefficient (Wildman–Crippen LogP) is 3.39. The molecule has 23 heavy (non-hydrogen) atoms. The third-order valence-electron chi connectivity index (χ3n) is 2.96. The molecule has 1 aromatic heterocycles. The molecule has 0 spiro atoms. The van der Waals surface area contributed by atoms with E-state index >= 15 is 0 Å². The minimum Gasteiger partial charge on any atom is -0.324 e. The van der Waals surface area contributed by atoms with E-state index in [0.29, 0.717) is 16.5 Å². The van der Waals surface area contributed by atoms with Gasteiger partial charge in [0, 0.05) is 20.7 Å². The first-order valence-electron chi connectivity index (χ1n) is 6.70. The minimum absolute atomic E-state index is 0.0377. The van der Waals surface area contributed by atoms with Crippen LogP contribution >= 0.6 is 27.5 Å². The summed E-state index contributed by atoms with van der Waals surface area (Å²) in [7, 11) is 0. The maximum Gasteiger partial charge on any atom is 0.248 e. The van der Waals surface area contributed by atoms with Crippen LogP contribution in [0.3, 0.4) is 0 Å². The Kier molecular flexibility index (Phi) is 4.68. The average molecular weight is 393 g/mol. The van der Waals surface area contributed by atoms with Crippen LogP contribution in [0.4, 0.5) is 5.69 Å². The zero-order valence-electron chi connectivity index (χ0n) is 11.8. The van der Waals surface area contributed by atoms with Crippen molar-refractivity contribution in [1.29, 1.82) is 0 Å². The normalized spacial score (nSPS) is 10.5. The highest BCUT2D eigenvalue weighted by atomic mass is 79.9. The maximum absolute atomic E-state index is 12.0. The molecule has 0 aliphatic carbocycles. The molecule has 0 atom stereocenters. The summed E-state index contributed by atoms with van der Waals surface area (Å²) in [6.07, 6.45) is 0. The van der Waals surface area contributed by atoms with Crippen LogP contribution in [-0.2, 0) is 11.3 Å². The van der Waals surface area contributed by atoms with Crippen molar-refractivity contribution < 1.29 is 4.79 Å². The summed E-state index contributed by atoms with van der Waals surface area (Å²) in [5, 5.41) is 15.4. The summed E-state index contributed by atoms with van der Waals surface area (Å²) < 4.78 is 0.864. The zero-order chi connectivity index (χ0) is 16.2. The van der Waals surface area contributed by atoms with Gasteiger partial charge in [0.2, 0.25) is 11.7 Å². The number of nitrogens with one attached hydrogen (secondary N) is 1. The van der Waals surface area contributed by atoms with E-state index in [-0.39, 0.29) is 12.5 Å². The molecular weight excluding hydrogens is 382 g/mol. The van der Waals surface area contributed by atoms with Gasteiger partial charge in [-0.05, 0) is 35.5 Å². The summed E-state index contributed by atoms with van der Waals surface area (Å²) in [6.45, 7) is -0.0377. The fourth-order valence-corrected chi connectivity index (χ4v) is 2.61. The highest BCUT2D eigenvalue weighted by Gasteiger charge is 2.11. The van der Waals surface area contributed by atoms with Crippen molar-refractivity contribution in [3.63, 3.8) is 0 Å². The molecule has 3 rings (SSSR count). The maximum atomic E-state index is 12.0.